The molecule has 5 heteroatoms. The molecule has 0 amide bonds. The van der Waals surface area contributed by atoms with Crippen molar-refractivity contribution >= 4 is 23.2 Å². The fourth-order valence-corrected chi connectivity index (χ4v) is 2.27. The lowest BCUT2D eigenvalue weighted by Crippen LogP contribution is -2.15. The Bertz CT molecular complexity index is 602. The van der Waals surface area contributed by atoms with Crippen molar-refractivity contribution < 1.29 is 8.78 Å². The fraction of sp³-hybridized carbons (Fsp3) is 0.143. The first-order valence-corrected chi connectivity index (χ1v) is 6.38. The second-order valence-corrected chi connectivity index (χ2v) is 5.00. The molecule has 0 aliphatic rings. The van der Waals surface area contributed by atoms with E-state index in [1.807, 2.05) is 0 Å². The number of halogens is 4. The van der Waals surface area contributed by atoms with Crippen LogP contribution in [0.15, 0.2) is 36.4 Å². The predicted octanol–water partition coefficient (Wildman–Crippen LogP) is 4.51. The van der Waals surface area contributed by atoms with Gasteiger partial charge in [0.1, 0.15) is 11.6 Å². The first-order chi connectivity index (χ1) is 8.99. The van der Waals surface area contributed by atoms with E-state index in [1.54, 1.807) is 18.2 Å². The van der Waals surface area contributed by atoms with Crippen LogP contribution < -0.4 is 5.73 Å². The largest absolute Gasteiger partial charge is 0.324 e. The summed E-state index contributed by atoms with van der Waals surface area (Å²) in [5.74, 6) is -0.971. The molecule has 19 heavy (non-hydrogen) atoms. The summed E-state index contributed by atoms with van der Waals surface area (Å²) in [6, 6.07) is 8.18. The highest BCUT2D eigenvalue weighted by Crippen LogP contribution is 2.27. The second-order valence-electron chi connectivity index (χ2n) is 4.19. The summed E-state index contributed by atoms with van der Waals surface area (Å²) in [4.78, 5) is 0. The summed E-state index contributed by atoms with van der Waals surface area (Å²) in [5.41, 5.74) is 6.82. The molecule has 0 saturated carbocycles. The maximum atomic E-state index is 13.7. The van der Waals surface area contributed by atoms with Gasteiger partial charge in [0.15, 0.2) is 0 Å². The van der Waals surface area contributed by atoms with Crippen LogP contribution in [0.4, 0.5) is 8.78 Å². The highest BCUT2D eigenvalue weighted by Gasteiger charge is 2.15. The minimum atomic E-state index is -0.584. The number of nitrogens with two attached hydrogens (primary N) is 1. The summed E-state index contributed by atoms with van der Waals surface area (Å²) >= 11 is 11.5. The molecule has 0 saturated heterocycles. The molecular weight excluding hydrogens is 291 g/mol. The summed E-state index contributed by atoms with van der Waals surface area (Å²) in [7, 11) is 0. The molecular formula is C14H11Cl2F2N. The Balaban J connectivity index is 2.25. The lowest BCUT2D eigenvalue weighted by molar-refractivity contribution is 0.589. The molecule has 100 valence electrons. The van der Waals surface area contributed by atoms with Crippen molar-refractivity contribution in [3.8, 4) is 0 Å². The van der Waals surface area contributed by atoms with Gasteiger partial charge in [-0.3, -0.25) is 0 Å². The molecule has 2 N–H and O–H groups in total. The van der Waals surface area contributed by atoms with Gasteiger partial charge in [-0.15, -0.1) is 0 Å². The highest BCUT2D eigenvalue weighted by molar-refractivity contribution is 6.31. The van der Waals surface area contributed by atoms with Gasteiger partial charge in [-0.05, 0) is 35.7 Å². The van der Waals surface area contributed by atoms with Crippen LogP contribution >= 0.6 is 23.2 Å². The van der Waals surface area contributed by atoms with Gasteiger partial charge in [0, 0.05) is 11.1 Å². The number of rotatable bonds is 3. The van der Waals surface area contributed by atoms with E-state index >= 15 is 0 Å². The zero-order valence-electron chi connectivity index (χ0n) is 9.84. The van der Waals surface area contributed by atoms with Gasteiger partial charge < -0.3 is 5.73 Å². The van der Waals surface area contributed by atoms with E-state index in [0.717, 1.165) is 0 Å². The first kappa shape index (κ1) is 14.3. The van der Waals surface area contributed by atoms with Gasteiger partial charge in [0.25, 0.3) is 0 Å². The zero-order chi connectivity index (χ0) is 14.0. The third-order valence-corrected chi connectivity index (χ3v) is 3.47. The van der Waals surface area contributed by atoms with Crippen molar-refractivity contribution in [3.05, 3.63) is 69.2 Å². The van der Waals surface area contributed by atoms with Crippen LogP contribution in [0.2, 0.25) is 10.0 Å². The lowest BCUT2D eigenvalue weighted by Gasteiger charge is -2.14. The Labute approximate surface area is 119 Å². The molecule has 1 unspecified atom stereocenters. The summed E-state index contributed by atoms with van der Waals surface area (Å²) in [6.45, 7) is 0. The maximum Gasteiger partial charge on any atom is 0.142 e. The Morgan fingerprint density at radius 1 is 1.05 bits per heavy atom. The van der Waals surface area contributed by atoms with Gasteiger partial charge in [-0.1, -0.05) is 41.4 Å². The molecule has 0 spiro atoms. The van der Waals surface area contributed by atoms with Crippen LogP contribution in [0, 0.1) is 11.6 Å². The van der Waals surface area contributed by atoms with Crippen molar-refractivity contribution in [1.82, 2.24) is 0 Å². The zero-order valence-corrected chi connectivity index (χ0v) is 11.3. The van der Waals surface area contributed by atoms with Crippen LogP contribution in [0.5, 0.6) is 0 Å². The number of hydrogen-bond donors (Lipinski definition) is 1. The minimum Gasteiger partial charge on any atom is -0.324 e. The standard InChI is InChI=1S/C14H11Cl2F2N/c15-9-5-4-8(12(18)7-9)6-13(19)10-2-1-3-11(17)14(10)16/h1-5,7,13H,6,19H2. The van der Waals surface area contributed by atoms with Gasteiger partial charge >= 0.3 is 0 Å². The molecule has 2 aromatic carbocycles. The van der Waals surface area contributed by atoms with E-state index in [2.05, 4.69) is 0 Å². The van der Waals surface area contributed by atoms with Crippen molar-refractivity contribution in [1.29, 1.82) is 0 Å². The van der Waals surface area contributed by atoms with Crippen LogP contribution in [-0.2, 0) is 6.42 Å². The molecule has 1 nitrogen and oxygen atoms in total. The molecule has 0 aliphatic carbocycles. The van der Waals surface area contributed by atoms with E-state index in [-0.39, 0.29) is 11.4 Å². The van der Waals surface area contributed by atoms with E-state index in [0.29, 0.717) is 16.1 Å². The first-order valence-electron chi connectivity index (χ1n) is 5.62. The molecule has 0 aromatic heterocycles. The molecule has 0 aliphatic heterocycles. The SMILES string of the molecule is NC(Cc1ccc(Cl)cc1F)c1cccc(F)c1Cl. The summed E-state index contributed by atoms with van der Waals surface area (Å²) in [6.07, 6.45) is 0.214. The van der Waals surface area contributed by atoms with Crippen LogP contribution in [0.1, 0.15) is 17.2 Å². The van der Waals surface area contributed by atoms with E-state index in [1.165, 1.54) is 18.2 Å². The van der Waals surface area contributed by atoms with Crippen molar-refractivity contribution in [3.63, 3.8) is 0 Å². The van der Waals surface area contributed by atoms with Gasteiger partial charge in [-0.25, -0.2) is 8.78 Å². The van der Waals surface area contributed by atoms with E-state index in [4.69, 9.17) is 28.9 Å². The number of hydrogen-bond acceptors (Lipinski definition) is 1. The Hall–Kier alpha value is -1.16. The third kappa shape index (κ3) is 3.24. The van der Waals surface area contributed by atoms with Crippen LogP contribution in [-0.4, -0.2) is 0 Å². The van der Waals surface area contributed by atoms with E-state index < -0.39 is 17.7 Å². The quantitative estimate of drug-likeness (QED) is 0.886. The summed E-state index contributed by atoms with van der Waals surface area (Å²) in [5, 5.41) is 0.294. The van der Waals surface area contributed by atoms with Crippen molar-refractivity contribution in [2.75, 3.05) is 0 Å². The second kappa shape index (κ2) is 5.87. The fourth-order valence-electron chi connectivity index (χ4n) is 1.84. The molecule has 2 rings (SSSR count). The average Bonchev–Trinajstić information content (AvgIpc) is 2.36. The van der Waals surface area contributed by atoms with Crippen LogP contribution in [0.3, 0.4) is 0 Å². The third-order valence-electron chi connectivity index (χ3n) is 2.84. The molecule has 0 heterocycles. The number of benzene rings is 2. The normalized spacial score (nSPS) is 12.5. The predicted molar refractivity (Wildman–Crippen MR) is 73.5 cm³/mol. The van der Waals surface area contributed by atoms with Crippen LogP contribution in [0.25, 0.3) is 0 Å². The van der Waals surface area contributed by atoms with Gasteiger partial charge in [0.2, 0.25) is 0 Å². The van der Waals surface area contributed by atoms with E-state index in [9.17, 15) is 8.78 Å². The Morgan fingerprint density at radius 3 is 2.47 bits per heavy atom. The van der Waals surface area contributed by atoms with Crippen molar-refractivity contribution in [2.24, 2.45) is 5.73 Å². The maximum absolute atomic E-state index is 13.7. The lowest BCUT2D eigenvalue weighted by atomic mass is 9.99. The monoisotopic (exact) mass is 301 g/mol. The molecule has 0 bridgehead atoms. The Kier molecular flexibility index (Phi) is 4.40. The Morgan fingerprint density at radius 2 is 1.79 bits per heavy atom. The molecule has 0 radical (unpaired) electrons. The van der Waals surface area contributed by atoms with Gasteiger partial charge in [0.05, 0.1) is 5.02 Å². The molecule has 1 atom stereocenters. The average molecular weight is 302 g/mol. The molecule has 0 fully saturated rings. The van der Waals surface area contributed by atoms with Gasteiger partial charge in [-0.2, -0.15) is 0 Å². The smallest absolute Gasteiger partial charge is 0.142 e. The van der Waals surface area contributed by atoms with Crippen molar-refractivity contribution in [2.45, 2.75) is 12.5 Å². The highest BCUT2D eigenvalue weighted by atomic mass is 35.5. The minimum absolute atomic E-state index is 0.0237. The molecule has 2 aromatic rings. The summed E-state index contributed by atoms with van der Waals surface area (Å²) < 4.78 is 27.0. The topological polar surface area (TPSA) is 26.0 Å².